The number of nitrogens with two attached hydrogens (primary N) is 1. The molecular weight excluding hydrogens is 348 g/mol. The Hall–Kier alpha value is -1.11. The van der Waals surface area contributed by atoms with Gasteiger partial charge in [-0.05, 0) is 37.8 Å². The van der Waals surface area contributed by atoms with Crippen molar-refractivity contribution in [2.24, 2.45) is 5.73 Å². The van der Waals surface area contributed by atoms with Gasteiger partial charge in [-0.2, -0.15) is 0 Å². The Balaban J connectivity index is 2.14. The van der Waals surface area contributed by atoms with E-state index < -0.39 is 15.1 Å². The van der Waals surface area contributed by atoms with Gasteiger partial charge in [-0.15, -0.1) is 0 Å². The van der Waals surface area contributed by atoms with E-state index in [9.17, 15) is 8.42 Å². The summed E-state index contributed by atoms with van der Waals surface area (Å²) in [5.41, 5.74) is 6.38. The molecule has 1 heterocycles. The first-order valence-electron chi connectivity index (χ1n) is 8.19. The van der Waals surface area contributed by atoms with Crippen LogP contribution in [0.3, 0.4) is 0 Å². The van der Waals surface area contributed by atoms with E-state index in [4.69, 9.17) is 21.8 Å². The highest BCUT2D eigenvalue weighted by molar-refractivity contribution is 7.92. The van der Waals surface area contributed by atoms with Crippen LogP contribution in [0, 0.1) is 0 Å². The molecule has 7 heteroatoms. The molecule has 1 aromatic heterocycles. The molecular formula is C17H23ClN2O3S. The summed E-state index contributed by atoms with van der Waals surface area (Å²) in [7, 11) is -3.60. The summed E-state index contributed by atoms with van der Waals surface area (Å²) in [4.78, 5) is 4.52. The zero-order valence-electron chi connectivity index (χ0n) is 14.2. The van der Waals surface area contributed by atoms with Crippen molar-refractivity contribution in [1.82, 2.24) is 4.98 Å². The van der Waals surface area contributed by atoms with Crippen LogP contribution in [0.4, 0.5) is 0 Å². The van der Waals surface area contributed by atoms with E-state index in [-0.39, 0.29) is 27.0 Å². The molecule has 1 fully saturated rings. The average Bonchev–Trinajstić information content (AvgIpc) is 2.91. The molecule has 1 saturated carbocycles. The largest absolute Gasteiger partial charge is 0.439 e. The summed E-state index contributed by atoms with van der Waals surface area (Å²) < 4.78 is 32.2. The van der Waals surface area contributed by atoms with Gasteiger partial charge in [0.25, 0.3) is 0 Å². The fraction of sp³-hybridized carbons (Fsp3) is 0.588. The molecule has 0 bridgehead atoms. The predicted molar refractivity (Wildman–Crippen MR) is 95.1 cm³/mol. The number of oxazole rings is 1. The molecule has 0 spiro atoms. The number of hydrogen-bond acceptors (Lipinski definition) is 5. The molecule has 5 nitrogen and oxygen atoms in total. The Bertz CT molecular complexity index is 860. The van der Waals surface area contributed by atoms with Gasteiger partial charge < -0.3 is 10.2 Å². The molecule has 0 saturated heterocycles. The summed E-state index contributed by atoms with van der Waals surface area (Å²) in [6.45, 7) is 5.90. The molecule has 0 radical (unpaired) electrons. The van der Waals surface area contributed by atoms with Gasteiger partial charge in [-0.25, -0.2) is 13.4 Å². The number of aromatic nitrogens is 1. The van der Waals surface area contributed by atoms with Gasteiger partial charge in [0.2, 0.25) is 5.89 Å². The van der Waals surface area contributed by atoms with Gasteiger partial charge in [0.05, 0.1) is 10.3 Å². The van der Waals surface area contributed by atoms with E-state index in [1.807, 2.05) is 20.8 Å². The maximum atomic E-state index is 13.2. The number of sulfone groups is 1. The molecule has 1 aromatic carbocycles. The van der Waals surface area contributed by atoms with E-state index >= 15 is 0 Å². The summed E-state index contributed by atoms with van der Waals surface area (Å²) in [5, 5.41) is -0.280. The van der Waals surface area contributed by atoms with Crippen molar-refractivity contribution in [1.29, 1.82) is 0 Å². The topological polar surface area (TPSA) is 86.2 Å². The Labute approximate surface area is 147 Å². The van der Waals surface area contributed by atoms with Crippen molar-refractivity contribution in [3.05, 3.63) is 23.0 Å². The first kappa shape index (κ1) is 17.7. The van der Waals surface area contributed by atoms with E-state index in [0.717, 1.165) is 0 Å². The third-order valence-corrected chi connectivity index (χ3v) is 7.30. The van der Waals surface area contributed by atoms with Crippen LogP contribution in [0.15, 0.2) is 21.4 Å². The minimum absolute atomic E-state index is 0.0742. The summed E-state index contributed by atoms with van der Waals surface area (Å²) in [5.74, 6) is 0.502. The molecule has 132 valence electrons. The van der Waals surface area contributed by atoms with Crippen molar-refractivity contribution < 1.29 is 12.8 Å². The molecule has 2 N–H and O–H groups in total. The van der Waals surface area contributed by atoms with Crippen molar-refractivity contribution in [3.8, 4) is 0 Å². The second-order valence-electron chi connectivity index (χ2n) is 7.58. The van der Waals surface area contributed by atoms with Crippen molar-refractivity contribution in [2.45, 2.75) is 68.1 Å². The van der Waals surface area contributed by atoms with E-state index in [1.165, 1.54) is 0 Å². The van der Waals surface area contributed by atoms with E-state index in [1.54, 1.807) is 12.1 Å². The van der Waals surface area contributed by atoms with Crippen molar-refractivity contribution in [2.75, 3.05) is 0 Å². The average molecular weight is 371 g/mol. The Morgan fingerprint density at radius 3 is 2.42 bits per heavy atom. The highest BCUT2D eigenvalue weighted by atomic mass is 35.5. The van der Waals surface area contributed by atoms with Crippen LogP contribution in [0.5, 0.6) is 0 Å². The summed E-state index contributed by atoms with van der Waals surface area (Å²) in [6.07, 6.45) is 2.52. The lowest BCUT2D eigenvalue weighted by atomic mass is 9.96. The van der Waals surface area contributed by atoms with Crippen LogP contribution >= 0.6 is 11.6 Å². The SMILES string of the molecule is CC(C)(C)c1nc2ccc(Cl)c(S(=O)(=O)[C@H]3CC[C@@H](N)CC3)c2o1. The zero-order valence-corrected chi connectivity index (χ0v) is 15.7. The fourth-order valence-electron chi connectivity index (χ4n) is 3.10. The first-order valence-corrected chi connectivity index (χ1v) is 10.1. The second kappa shape index (κ2) is 6.00. The number of rotatable bonds is 2. The zero-order chi connectivity index (χ0) is 17.7. The van der Waals surface area contributed by atoms with E-state index in [2.05, 4.69) is 4.98 Å². The molecule has 24 heavy (non-hydrogen) atoms. The highest BCUT2D eigenvalue weighted by Crippen LogP contribution is 2.38. The molecule has 0 aliphatic heterocycles. The standard InChI is InChI=1S/C17H23ClN2O3S/c1-17(2,3)16-20-13-9-8-12(18)15(14(13)23-16)24(21,22)11-6-4-10(19)5-7-11/h8-11H,4-7,19H2,1-3H3/t10-,11+. The van der Waals surface area contributed by atoms with Crippen LogP contribution in [0.25, 0.3) is 11.1 Å². The van der Waals surface area contributed by atoms with Crippen LogP contribution in [0.2, 0.25) is 5.02 Å². The normalized spacial score (nSPS) is 22.9. The molecule has 0 amide bonds. The van der Waals surface area contributed by atoms with Crippen molar-refractivity contribution >= 4 is 32.5 Å². The molecule has 0 unspecified atom stereocenters. The van der Waals surface area contributed by atoms with Crippen LogP contribution in [-0.4, -0.2) is 24.7 Å². The molecule has 1 aliphatic rings. The van der Waals surface area contributed by atoms with Gasteiger partial charge in [-0.1, -0.05) is 32.4 Å². The second-order valence-corrected chi connectivity index (χ2v) is 10.1. The van der Waals surface area contributed by atoms with E-state index in [0.29, 0.717) is 37.1 Å². The van der Waals surface area contributed by atoms with Crippen molar-refractivity contribution in [3.63, 3.8) is 0 Å². The highest BCUT2D eigenvalue weighted by Gasteiger charge is 2.35. The maximum absolute atomic E-state index is 13.2. The fourth-order valence-corrected chi connectivity index (χ4v) is 5.54. The molecule has 1 aliphatic carbocycles. The first-order chi connectivity index (χ1) is 11.1. The quantitative estimate of drug-likeness (QED) is 0.868. The number of nitrogens with zero attached hydrogens (tertiary/aromatic N) is 1. The summed E-state index contributed by atoms with van der Waals surface area (Å²) >= 11 is 6.27. The van der Waals surface area contributed by atoms with Gasteiger partial charge >= 0.3 is 0 Å². The lowest BCUT2D eigenvalue weighted by Crippen LogP contribution is -2.33. The minimum atomic E-state index is -3.60. The molecule has 0 atom stereocenters. The van der Waals surface area contributed by atoms with Crippen LogP contribution in [0.1, 0.15) is 52.3 Å². The Morgan fingerprint density at radius 2 is 1.83 bits per heavy atom. The predicted octanol–water partition coefficient (Wildman–Crippen LogP) is 3.82. The number of hydrogen-bond donors (Lipinski definition) is 1. The molecule has 3 rings (SSSR count). The maximum Gasteiger partial charge on any atom is 0.200 e. The Morgan fingerprint density at radius 1 is 1.21 bits per heavy atom. The van der Waals surface area contributed by atoms with Gasteiger partial charge in [0, 0.05) is 11.5 Å². The third-order valence-electron chi connectivity index (χ3n) is 4.55. The number of fused-ring (bicyclic) bond motifs is 1. The van der Waals surface area contributed by atoms with Gasteiger partial charge in [0.15, 0.2) is 15.4 Å². The Kier molecular flexibility index (Phi) is 4.43. The summed E-state index contributed by atoms with van der Waals surface area (Å²) in [6, 6.07) is 3.37. The number of benzene rings is 1. The van der Waals surface area contributed by atoms with Gasteiger partial charge in [-0.3, -0.25) is 0 Å². The lowest BCUT2D eigenvalue weighted by molar-refractivity contribution is 0.407. The minimum Gasteiger partial charge on any atom is -0.439 e. The smallest absolute Gasteiger partial charge is 0.200 e. The lowest BCUT2D eigenvalue weighted by Gasteiger charge is -2.26. The van der Waals surface area contributed by atoms with Gasteiger partial charge in [0.1, 0.15) is 10.4 Å². The molecule has 2 aromatic rings. The van der Waals surface area contributed by atoms with Crippen LogP contribution in [-0.2, 0) is 15.3 Å². The number of halogens is 1. The third kappa shape index (κ3) is 3.07. The van der Waals surface area contributed by atoms with Crippen LogP contribution < -0.4 is 5.73 Å². The monoisotopic (exact) mass is 370 g/mol.